The predicted octanol–water partition coefficient (Wildman–Crippen LogP) is 4.59. The number of hydrogen-bond acceptors (Lipinski definition) is 3. The zero-order valence-corrected chi connectivity index (χ0v) is 13.7. The molecule has 112 valence electrons. The minimum absolute atomic E-state index is 0.389. The van der Waals surface area contributed by atoms with Crippen LogP contribution < -0.4 is 14.8 Å². The fraction of sp³-hybridized carbons (Fsp3) is 0.625. The molecule has 4 heteroatoms. The number of rotatable bonds is 4. The third kappa shape index (κ3) is 3.14. The van der Waals surface area contributed by atoms with Crippen molar-refractivity contribution >= 4 is 17.3 Å². The third-order valence-corrected chi connectivity index (χ3v) is 4.44. The fourth-order valence-corrected chi connectivity index (χ4v) is 3.50. The van der Waals surface area contributed by atoms with E-state index in [1.54, 1.807) is 14.2 Å². The largest absolute Gasteiger partial charge is 0.495 e. The van der Waals surface area contributed by atoms with Crippen molar-refractivity contribution in [3.63, 3.8) is 0 Å². The molecule has 1 aromatic carbocycles. The van der Waals surface area contributed by atoms with Gasteiger partial charge in [0.15, 0.2) is 0 Å². The molecule has 1 fully saturated rings. The first-order valence-corrected chi connectivity index (χ1v) is 7.42. The van der Waals surface area contributed by atoms with Crippen LogP contribution in [0.3, 0.4) is 0 Å². The normalized spacial score (nSPS) is 24.5. The summed E-state index contributed by atoms with van der Waals surface area (Å²) in [6, 6.07) is 4.16. The van der Waals surface area contributed by atoms with Gasteiger partial charge in [-0.1, -0.05) is 32.4 Å². The second kappa shape index (κ2) is 5.72. The second-order valence-electron chi connectivity index (χ2n) is 6.49. The van der Waals surface area contributed by atoms with Crippen molar-refractivity contribution in [1.29, 1.82) is 0 Å². The van der Waals surface area contributed by atoms with E-state index < -0.39 is 0 Å². The van der Waals surface area contributed by atoms with Crippen LogP contribution in [0.5, 0.6) is 11.5 Å². The molecule has 0 aliphatic heterocycles. The van der Waals surface area contributed by atoms with Gasteiger partial charge < -0.3 is 14.8 Å². The quantitative estimate of drug-likeness (QED) is 0.881. The molecule has 1 aromatic rings. The average molecular weight is 298 g/mol. The van der Waals surface area contributed by atoms with Crippen LogP contribution in [0, 0.1) is 11.3 Å². The van der Waals surface area contributed by atoms with Gasteiger partial charge >= 0.3 is 0 Å². The van der Waals surface area contributed by atoms with Crippen molar-refractivity contribution in [1.82, 2.24) is 0 Å². The molecular formula is C16H24ClNO2. The number of halogens is 1. The Morgan fingerprint density at radius 3 is 2.30 bits per heavy atom. The molecule has 3 nitrogen and oxygen atoms in total. The summed E-state index contributed by atoms with van der Waals surface area (Å²) in [5.74, 6) is 2.03. The highest BCUT2D eigenvalue weighted by Crippen LogP contribution is 2.44. The summed E-state index contributed by atoms with van der Waals surface area (Å²) in [4.78, 5) is 0. The lowest BCUT2D eigenvalue weighted by molar-refractivity contribution is 0.366. The van der Waals surface area contributed by atoms with Crippen LogP contribution in [-0.4, -0.2) is 20.3 Å². The van der Waals surface area contributed by atoms with Gasteiger partial charge in [0.1, 0.15) is 11.5 Å². The minimum Gasteiger partial charge on any atom is -0.495 e. The Morgan fingerprint density at radius 2 is 1.80 bits per heavy atom. The predicted molar refractivity (Wildman–Crippen MR) is 84.1 cm³/mol. The molecule has 0 radical (unpaired) electrons. The minimum atomic E-state index is 0.389. The van der Waals surface area contributed by atoms with Gasteiger partial charge in [-0.25, -0.2) is 0 Å². The molecule has 1 N–H and O–H groups in total. The summed E-state index contributed by atoms with van der Waals surface area (Å²) in [6.45, 7) is 6.94. The van der Waals surface area contributed by atoms with E-state index in [9.17, 15) is 0 Å². The zero-order valence-electron chi connectivity index (χ0n) is 12.9. The SMILES string of the molecule is COc1cc(OC)c(NC2CC(C)(C)CC2C)cc1Cl. The van der Waals surface area contributed by atoms with Crippen molar-refractivity contribution in [2.24, 2.45) is 11.3 Å². The topological polar surface area (TPSA) is 30.5 Å². The Hall–Kier alpha value is -1.09. The van der Waals surface area contributed by atoms with Crippen molar-refractivity contribution in [3.05, 3.63) is 17.2 Å². The Labute approximate surface area is 126 Å². The summed E-state index contributed by atoms with van der Waals surface area (Å²) >= 11 is 6.22. The van der Waals surface area contributed by atoms with Crippen molar-refractivity contribution < 1.29 is 9.47 Å². The van der Waals surface area contributed by atoms with Gasteiger partial charge in [-0.3, -0.25) is 0 Å². The zero-order chi connectivity index (χ0) is 14.9. The summed E-state index contributed by atoms with van der Waals surface area (Å²) in [7, 11) is 3.27. The van der Waals surface area contributed by atoms with Crippen molar-refractivity contribution in [2.45, 2.75) is 39.7 Å². The maximum absolute atomic E-state index is 6.22. The van der Waals surface area contributed by atoms with E-state index in [2.05, 4.69) is 26.1 Å². The lowest BCUT2D eigenvalue weighted by atomic mass is 9.91. The Bertz CT molecular complexity index is 488. The van der Waals surface area contributed by atoms with E-state index in [-0.39, 0.29) is 0 Å². The van der Waals surface area contributed by atoms with Gasteiger partial charge in [0, 0.05) is 12.1 Å². The molecule has 0 bridgehead atoms. The van der Waals surface area contributed by atoms with E-state index in [1.807, 2.05) is 12.1 Å². The molecule has 1 aliphatic carbocycles. The van der Waals surface area contributed by atoms with Gasteiger partial charge in [-0.15, -0.1) is 0 Å². The van der Waals surface area contributed by atoms with Crippen LogP contribution in [-0.2, 0) is 0 Å². The highest BCUT2D eigenvalue weighted by atomic mass is 35.5. The number of anilines is 1. The summed E-state index contributed by atoms with van der Waals surface area (Å²) in [6.07, 6.45) is 2.39. The number of benzene rings is 1. The molecule has 2 atom stereocenters. The Morgan fingerprint density at radius 1 is 1.15 bits per heavy atom. The number of hydrogen-bond donors (Lipinski definition) is 1. The average Bonchev–Trinajstić information content (AvgIpc) is 2.62. The maximum Gasteiger partial charge on any atom is 0.145 e. The van der Waals surface area contributed by atoms with Crippen LogP contribution in [0.25, 0.3) is 0 Å². The number of nitrogens with one attached hydrogen (secondary N) is 1. The number of ether oxygens (including phenoxy) is 2. The molecule has 20 heavy (non-hydrogen) atoms. The van der Waals surface area contributed by atoms with Crippen molar-refractivity contribution in [2.75, 3.05) is 19.5 Å². The van der Waals surface area contributed by atoms with E-state index >= 15 is 0 Å². The monoisotopic (exact) mass is 297 g/mol. The van der Waals surface area contributed by atoms with Gasteiger partial charge in [-0.2, -0.15) is 0 Å². The first-order chi connectivity index (χ1) is 9.36. The first kappa shape index (κ1) is 15.3. The van der Waals surface area contributed by atoms with Crippen LogP contribution in [0.2, 0.25) is 5.02 Å². The molecule has 0 saturated heterocycles. The molecule has 2 unspecified atom stereocenters. The summed E-state index contributed by atoms with van der Waals surface area (Å²) < 4.78 is 10.7. The van der Waals surface area contributed by atoms with E-state index in [1.165, 1.54) is 6.42 Å². The molecule has 1 aliphatic rings. The first-order valence-electron chi connectivity index (χ1n) is 7.04. The third-order valence-electron chi connectivity index (χ3n) is 4.15. The van der Waals surface area contributed by atoms with Gasteiger partial charge in [-0.05, 0) is 30.2 Å². The molecule has 0 heterocycles. The van der Waals surface area contributed by atoms with Crippen LogP contribution >= 0.6 is 11.6 Å². The summed E-state index contributed by atoms with van der Waals surface area (Å²) in [5, 5.41) is 4.19. The fourth-order valence-electron chi connectivity index (χ4n) is 3.26. The highest BCUT2D eigenvalue weighted by molar-refractivity contribution is 6.32. The van der Waals surface area contributed by atoms with Crippen LogP contribution in [0.1, 0.15) is 33.6 Å². The summed E-state index contributed by atoms with van der Waals surface area (Å²) in [5.41, 5.74) is 1.33. The number of methoxy groups -OCH3 is 2. The van der Waals surface area contributed by atoms with Gasteiger partial charge in [0.05, 0.1) is 24.9 Å². The van der Waals surface area contributed by atoms with Crippen LogP contribution in [0.4, 0.5) is 5.69 Å². The van der Waals surface area contributed by atoms with Crippen LogP contribution in [0.15, 0.2) is 12.1 Å². The molecule has 0 spiro atoms. The van der Waals surface area contributed by atoms with Gasteiger partial charge in [0.2, 0.25) is 0 Å². The molecule has 0 aromatic heterocycles. The molecular weight excluding hydrogens is 274 g/mol. The second-order valence-corrected chi connectivity index (χ2v) is 6.89. The molecule has 2 rings (SSSR count). The smallest absolute Gasteiger partial charge is 0.145 e. The van der Waals surface area contributed by atoms with E-state index in [0.717, 1.165) is 17.9 Å². The Kier molecular flexibility index (Phi) is 4.38. The lowest BCUT2D eigenvalue weighted by Gasteiger charge is -2.22. The standard InChI is InChI=1S/C16H24ClNO2/c1-10-8-16(2,3)9-13(10)18-12-6-11(17)14(19-4)7-15(12)20-5/h6-7,10,13,18H,8-9H2,1-5H3. The van der Waals surface area contributed by atoms with E-state index in [0.29, 0.717) is 28.1 Å². The van der Waals surface area contributed by atoms with Crippen molar-refractivity contribution in [3.8, 4) is 11.5 Å². The highest BCUT2D eigenvalue weighted by Gasteiger charge is 2.36. The van der Waals surface area contributed by atoms with E-state index in [4.69, 9.17) is 21.1 Å². The van der Waals surface area contributed by atoms with Gasteiger partial charge in [0.25, 0.3) is 0 Å². The maximum atomic E-state index is 6.22. The molecule has 1 saturated carbocycles. The lowest BCUT2D eigenvalue weighted by Crippen LogP contribution is -2.22. The molecule has 0 amide bonds. The Balaban J connectivity index is 2.23.